The van der Waals surface area contributed by atoms with Crippen LogP contribution in [0.2, 0.25) is 0 Å². The van der Waals surface area contributed by atoms with Crippen molar-refractivity contribution in [2.45, 2.75) is 10.8 Å². The van der Waals surface area contributed by atoms with Crippen molar-refractivity contribution in [1.82, 2.24) is 4.98 Å². The zero-order valence-electron chi connectivity index (χ0n) is 42.1. The molecule has 0 bridgehead atoms. The Morgan fingerprint density at radius 1 is 0.273 bits per heavy atom. The molecule has 0 N–H and O–H groups in total. The maximum atomic E-state index is 5.35. The zero-order chi connectivity index (χ0) is 50.7. The number of benzene rings is 12. The molecular formula is C75H48N2. The summed E-state index contributed by atoms with van der Waals surface area (Å²) in [4.78, 5) is 7.78. The molecule has 358 valence electrons. The third-order valence-electron chi connectivity index (χ3n) is 17.2. The molecular weight excluding hydrogens is 929 g/mol. The Hall–Kier alpha value is -9.89. The van der Waals surface area contributed by atoms with Gasteiger partial charge in [-0.3, -0.25) is 4.98 Å². The van der Waals surface area contributed by atoms with Gasteiger partial charge in [0.1, 0.15) is 0 Å². The van der Waals surface area contributed by atoms with Crippen LogP contribution in [0.15, 0.2) is 291 Å². The molecule has 1 aliphatic heterocycles. The van der Waals surface area contributed by atoms with E-state index in [4.69, 9.17) is 4.98 Å². The van der Waals surface area contributed by atoms with Gasteiger partial charge in [0, 0.05) is 23.0 Å². The number of hydrogen-bond donors (Lipinski definition) is 0. The molecule has 2 heterocycles. The molecule has 2 heteroatoms. The number of nitrogens with zero attached hydrogens (tertiary/aromatic N) is 2. The maximum absolute atomic E-state index is 5.35. The Kier molecular flexibility index (Phi) is 9.50. The molecule has 0 radical (unpaired) electrons. The van der Waals surface area contributed by atoms with Crippen LogP contribution < -0.4 is 4.90 Å². The number of anilines is 3. The van der Waals surface area contributed by atoms with Gasteiger partial charge in [-0.2, -0.15) is 0 Å². The normalized spacial score (nSPS) is 13.9. The molecule has 0 saturated carbocycles. The van der Waals surface area contributed by atoms with Crippen LogP contribution in [0, 0.1) is 0 Å². The smallest absolute Gasteiger partial charge is 0.0754 e. The molecule has 2 aliphatic carbocycles. The number of pyridine rings is 1. The SMILES string of the molecule is c1ccc(N2c3ccccc3C3(c4ccccc4-c4cc(-c5ccc(-c6c7ccccc7c(-c7ccc8c(c7)C(c7ccccc7)(c7ccccc7)c7ccccc7-8)c7ccccc67)cn5)ccc43)c3ccccc32)cc1. The second-order valence-corrected chi connectivity index (χ2v) is 20.8. The molecule has 0 atom stereocenters. The van der Waals surface area contributed by atoms with Crippen LogP contribution in [0.4, 0.5) is 17.1 Å². The van der Waals surface area contributed by atoms with Gasteiger partial charge in [-0.25, -0.2) is 0 Å². The fourth-order valence-electron chi connectivity index (χ4n) is 14.2. The van der Waals surface area contributed by atoms with Gasteiger partial charge in [0.2, 0.25) is 0 Å². The van der Waals surface area contributed by atoms with Gasteiger partial charge in [-0.1, -0.05) is 243 Å². The minimum Gasteiger partial charge on any atom is -0.310 e. The Labute approximate surface area is 448 Å². The quantitative estimate of drug-likeness (QED) is 0.154. The minimum atomic E-state index is -0.508. The van der Waals surface area contributed by atoms with Crippen LogP contribution in [-0.2, 0) is 10.8 Å². The van der Waals surface area contributed by atoms with Crippen molar-refractivity contribution in [1.29, 1.82) is 0 Å². The third-order valence-corrected chi connectivity index (χ3v) is 17.2. The predicted molar refractivity (Wildman–Crippen MR) is 318 cm³/mol. The first-order chi connectivity index (χ1) is 38.2. The van der Waals surface area contributed by atoms with Gasteiger partial charge in [0.25, 0.3) is 0 Å². The highest BCUT2D eigenvalue weighted by Gasteiger charge is 2.52. The first-order valence-electron chi connectivity index (χ1n) is 26.8. The average Bonchev–Trinajstić information content (AvgIpc) is 4.04. The Morgan fingerprint density at radius 3 is 1.27 bits per heavy atom. The molecule has 3 aliphatic rings. The number of rotatable bonds is 6. The standard InChI is InChI=1S/C75H48N2/c1-4-22-52(23-5-1)74(53-24-6-2-7-25-53)63-34-16-14-28-55(63)57-43-40-50(47-68(57)74)72-58-30-10-12-32-60(58)73(61-33-13-11-31-59(61)72)51-42-45-69(76-48-51)49-41-44-65-62(46-49)56-29-15-17-35-64(56)75(65)66-36-18-20-38-70(66)77(54-26-8-3-9-27-54)71-39-21-19-37-67(71)75/h1-48H. The van der Waals surface area contributed by atoms with E-state index in [1.165, 1.54) is 116 Å². The number of aromatic nitrogens is 1. The number of fused-ring (bicyclic) bond motifs is 14. The highest BCUT2D eigenvalue weighted by atomic mass is 15.2. The highest BCUT2D eigenvalue weighted by Crippen LogP contribution is 2.64. The van der Waals surface area contributed by atoms with Crippen molar-refractivity contribution < 1.29 is 0 Å². The molecule has 0 unspecified atom stereocenters. The Balaban J connectivity index is 0.834. The van der Waals surface area contributed by atoms with E-state index in [0.29, 0.717) is 0 Å². The summed E-state index contributed by atoms with van der Waals surface area (Å²) in [6.07, 6.45) is 2.10. The molecule has 12 aromatic carbocycles. The van der Waals surface area contributed by atoms with Crippen LogP contribution in [0.3, 0.4) is 0 Å². The van der Waals surface area contributed by atoms with Crippen LogP contribution in [0.5, 0.6) is 0 Å². The summed E-state index contributed by atoms with van der Waals surface area (Å²) in [5.41, 5.74) is 24.7. The number of para-hydroxylation sites is 3. The van der Waals surface area contributed by atoms with Gasteiger partial charge < -0.3 is 4.90 Å². The second kappa shape index (κ2) is 16.8. The van der Waals surface area contributed by atoms with E-state index >= 15 is 0 Å². The fourth-order valence-corrected chi connectivity index (χ4v) is 14.2. The highest BCUT2D eigenvalue weighted by molar-refractivity contribution is 6.21. The lowest BCUT2D eigenvalue weighted by Crippen LogP contribution is -2.36. The van der Waals surface area contributed by atoms with Crippen LogP contribution >= 0.6 is 0 Å². The van der Waals surface area contributed by atoms with E-state index in [0.717, 1.165) is 22.5 Å². The molecule has 16 rings (SSSR count). The summed E-state index contributed by atoms with van der Waals surface area (Å²) in [5.74, 6) is 0. The van der Waals surface area contributed by atoms with E-state index in [1.807, 2.05) is 0 Å². The largest absolute Gasteiger partial charge is 0.310 e. The minimum absolute atomic E-state index is 0.496. The lowest BCUT2D eigenvalue weighted by Gasteiger charge is -2.45. The summed E-state index contributed by atoms with van der Waals surface area (Å²) in [5, 5.41) is 4.84. The summed E-state index contributed by atoms with van der Waals surface area (Å²) < 4.78 is 0. The van der Waals surface area contributed by atoms with Crippen molar-refractivity contribution in [2.24, 2.45) is 0 Å². The molecule has 13 aromatic rings. The summed E-state index contributed by atoms with van der Waals surface area (Å²) in [6.45, 7) is 0. The second-order valence-electron chi connectivity index (χ2n) is 20.8. The van der Waals surface area contributed by atoms with E-state index in [9.17, 15) is 0 Å². The topological polar surface area (TPSA) is 16.1 Å². The zero-order valence-corrected chi connectivity index (χ0v) is 42.1. The molecule has 0 saturated heterocycles. The summed E-state index contributed by atoms with van der Waals surface area (Å²) in [6, 6.07) is 106. The Morgan fingerprint density at radius 2 is 0.701 bits per heavy atom. The van der Waals surface area contributed by atoms with Gasteiger partial charge >= 0.3 is 0 Å². The molecule has 1 aromatic heterocycles. The average molecular weight is 977 g/mol. The van der Waals surface area contributed by atoms with Crippen molar-refractivity contribution in [3.05, 3.63) is 336 Å². The first kappa shape index (κ1) is 43.5. The van der Waals surface area contributed by atoms with Crippen molar-refractivity contribution in [3.8, 4) is 55.8 Å². The third kappa shape index (κ3) is 6.04. The molecule has 1 spiro atoms. The lowest BCUT2D eigenvalue weighted by molar-refractivity contribution is 0.752. The lowest BCUT2D eigenvalue weighted by atomic mass is 9.64. The Bertz CT molecular complexity index is 4360. The van der Waals surface area contributed by atoms with E-state index in [-0.39, 0.29) is 0 Å². The summed E-state index contributed by atoms with van der Waals surface area (Å²) in [7, 11) is 0. The van der Waals surface area contributed by atoms with E-state index in [2.05, 4.69) is 296 Å². The van der Waals surface area contributed by atoms with Crippen molar-refractivity contribution in [2.75, 3.05) is 4.90 Å². The van der Waals surface area contributed by atoms with Crippen molar-refractivity contribution in [3.63, 3.8) is 0 Å². The molecule has 0 fully saturated rings. The van der Waals surface area contributed by atoms with Gasteiger partial charge in [0.15, 0.2) is 0 Å². The van der Waals surface area contributed by atoms with Crippen LogP contribution in [0.25, 0.3) is 77.3 Å². The van der Waals surface area contributed by atoms with Crippen LogP contribution in [0.1, 0.15) is 44.5 Å². The fraction of sp³-hybridized carbons (Fsp3) is 0.0267. The summed E-state index contributed by atoms with van der Waals surface area (Å²) >= 11 is 0. The molecule has 0 amide bonds. The van der Waals surface area contributed by atoms with Gasteiger partial charge in [-0.05, 0) is 147 Å². The van der Waals surface area contributed by atoms with E-state index in [1.54, 1.807) is 0 Å². The first-order valence-corrected chi connectivity index (χ1v) is 26.8. The molecule has 2 nitrogen and oxygen atoms in total. The van der Waals surface area contributed by atoms with E-state index < -0.39 is 10.8 Å². The van der Waals surface area contributed by atoms with Crippen LogP contribution in [-0.4, -0.2) is 4.98 Å². The van der Waals surface area contributed by atoms with Gasteiger partial charge in [0.05, 0.1) is 27.9 Å². The predicted octanol–water partition coefficient (Wildman–Crippen LogP) is 18.9. The monoisotopic (exact) mass is 976 g/mol. The van der Waals surface area contributed by atoms with Crippen molar-refractivity contribution >= 4 is 38.6 Å². The maximum Gasteiger partial charge on any atom is 0.0754 e. The molecule has 77 heavy (non-hydrogen) atoms. The van der Waals surface area contributed by atoms with Gasteiger partial charge in [-0.15, -0.1) is 0 Å². The number of hydrogen-bond acceptors (Lipinski definition) is 2.